The van der Waals surface area contributed by atoms with Crippen molar-refractivity contribution in [1.82, 2.24) is 4.98 Å². The number of methoxy groups -OCH3 is 1. The molecule has 0 fully saturated rings. The van der Waals surface area contributed by atoms with Crippen molar-refractivity contribution in [2.45, 2.75) is 20.8 Å². The van der Waals surface area contributed by atoms with Crippen molar-refractivity contribution in [2.75, 3.05) is 12.4 Å². The van der Waals surface area contributed by atoms with Crippen molar-refractivity contribution >= 4 is 11.6 Å². The molecule has 0 spiro atoms. The highest BCUT2D eigenvalue weighted by molar-refractivity contribution is 6.04. The van der Waals surface area contributed by atoms with E-state index in [-0.39, 0.29) is 5.91 Å². The molecule has 0 radical (unpaired) electrons. The molecule has 4 nitrogen and oxygen atoms in total. The van der Waals surface area contributed by atoms with E-state index in [1.165, 1.54) is 0 Å². The number of nitrogens with zero attached hydrogens (tertiary/aromatic N) is 1. The number of nitrogens with one attached hydrogen (secondary N) is 1. The number of anilines is 1. The van der Waals surface area contributed by atoms with Crippen LogP contribution < -0.4 is 10.1 Å². The molecule has 2 rings (SSSR count). The average molecular weight is 270 g/mol. The molecular weight excluding hydrogens is 252 g/mol. The van der Waals surface area contributed by atoms with Gasteiger partial charge in [-0.05, 0) is 55.7 Å². The van der Waals surface area contributed by atoms with E-state index < -0.39 is 0 Å². The van der Waals surface area contributed by atoms with Gasteiger partial charge in [-0.3, -0.25) is 9.78 Å². The fourth-order valence-electron chi connectivity index (χ4n) is 2.19. The topological polar surface area (TPSA) is 51.2 Å². The maximum atomic E-state index is 12.2. The number of hydrogen-bond acceptors (Lipinski definition) is 3. The predicted molar refractivity (Wildman–Crippen MR) is 79.4 cm³/mol. The third-order valence-electron chi connectivity index (χ3n) is 3.40. The van der Waals surface area contributed by atoms with Crippen molar-refractivity contribution in [3.63, 3.8) is 0 Å². The van der Waals surface area contributed by atoms with E-state index in [0.29, 0.717) is 5.56 Å². The summed E-state index contributed by atoms with van der Waals surface area (Å²) in [6, 6.07) is 5.41. The van der Waals surface area contributed by atoms with Crippen molar-refractivity contribution < 1.29 is 9.53 Å². The standard InChI is InChI=1S/C16H18N2O2/c1-10-8-14(11(2)12(3)15(10)20-4)18-16(19)13-6-5-7-17-9-13/h5-9H,1-4H3,(H,18,19). The van der Waals surface area contributed by atoms with E-state index in [2.05, 4.69) is 10.3 Å². The first kappa shape index (κ1) is 14.1. The molecule has 0 saturated carbocycles. The minimum Gasteiger partial charge on any atom is -0.496 e. The summed E-state index contributed by atoms with van der Waals surface area (Å²) in [6.45, 7) is 5.92. The third-order valence-corrected chi connectivity index (χ3v) is 3.40. The second-order valence-corrected chi connectivity index (χ2v) is 4.72. The van der Waals surface area contributed by atoms with Gasteiger partial charge in [-0.1, -0.05) is 0 Å². The van der Waals surface area contributed by atoms with Crippen LogP contribution in [0.1, 0.15) is 27.0 Å². The number of carbonyl (C=O) groups excluding carboxylic acids is 1. The molecule has 0 aliphatic rings. The highest BCUT2D eigenvalue weighted by Crippen LogP contribution is 2.31. The molecule has 1 heterocycles. The summed E-state index contributed by atoms with van der Waals surface area (Å²) >= 11 is 0. The molecule has 104 valence electrons. The van der Waals surface area contributed by atoms with Crippen molar-refractivity contribution in [2.24, 2.45) is 0 Å². The maximum Gasteiger partial charge on any atom is 0.257 e. The van der Waals surface area contributed by atoms with Crippen LogP contribution in [0, 0.1) is 20.8 Å². The summed E-state index contributed by atoms with van der Waals surface area (Å²) in [4.78, 5) is 16.1. The summed E-state index contributed by atoms with van der Waals surface area (Å²) in [7, 11) is 1.66. The van der Waals surface area contributed by atoms with Crippen molar-refractivity contribution in [1.29, 1.82) is 0 Å². The fourth-order valence-corrected chi connectivity index (χ4v) is 2.19. The van der Waals surface area contributed by atoms with Crippen LogP contribution in [0.2, 0.25) is 0 Å². The molecule has 0 aliphatic carbocycles. The lowest BCUT2D eigenvalue weighted by Gasteiger charge is -2.16. The Labute approximate surface area is 118 Å². The largest absolute Gasteiger partial charge is 0.496 e. The Hall–Kier alpha value is -2.36. The molecule has 1 aromatic heterocycles. The number of pyridine rings is 1. The number of amides is 1. The van der Waals surface area contributed by atoms with Crippen LogP contribution in [0.3, 0.4) is 0 Å². The van der Waals surface area contributed by atoms with E-state index in [1.807, 2.05) is 26.8 Å². The Balaban J connectivity index is 2.33. The van der Waals surface area contributed by atoms with E-state index in [1.54, 1.807) is 31.6 Å². The Morgan fingerprint density at radius 1 is 1.25 bits per heavy atom. The lowest BCUT2D eigenvalue weighted by atomic mass is 10.0. The quantitative estimate of drug-likeness (QED) is 0.931. The van der Waals surface area contributed by atoms with Gasteiger partial charge >= 0.3 is 0 Å². The summed E-state index contributed by atoms with van der Waals surface area (Å²) in [5.41, 5.74) is 4.38. The van der Waals surface area contributed by atoms with Crippen molar-refractivity contribution in [3.05, 3.63) is 52.8 Å². The molecule has 0 saturated heterocycles. The van der Waals surface area contributed by atoms with Gasteiger partial charge in [-0.15, -0.1) is 0 Å². The molecule has 20 heavy (non-hydrogen) atoms. The number of aromatic nitrogens is 1. The van der Waals surface area contributed by atoms with E-state index in [4.69, 9.17) is 4.74 Å². The van der Waals surface area contributed by atoms with E-state index in [0.717, 1.165) is 28.1 Å². The fraction of sp³-hybridized carbons (Fsp3) is 0.250. The van der Waals surface area contributed by atoms with E-state index >= 15 is 0 Å². The second-order valence-electron chi connectivity index (χ2n) is 4.72. The van der Waals surface area contributed by atoms with Gasteiger partial charge in [0.1, 0.15) is 5.75 Å². The van der Waals surface area contributed by atoms with Gasteiger partial charge < -0.3 is 10.1 Å². The zero-order chi connectivity index (χ0) is 14.7. The number of ether oxygens (including phenoxy) is 1. The van der Waals surface area contributed by atoms with Crippen LogP contribution in [0.4, 0.5) is 5.69 Å². The normalized spacial score (nSPS) is 10.2. The average Bonchev–Trinajstić information content (AvgIpc) is 2.46. The molecule has 0 unspecified atom stereocenters. The van der Waals surface area contributed by atoms with Crippen LogP contribution in [-0.2, 0) is 0 Å². The molecule has 4 heteroatoms. The Morgan fingerprint density at radius 3 is 2.60 bits per heavy atom. The van der Waals surface area contributed by atoms with Crippen LogP contribution >= 0.6 is 0 Å². The molecule has 0 atom stereocenters. The summed E-state index contributed by atoms with van der Waals surface area (Å²) < 4.78 is 5.38. The minimum absolute atomic E-state index is 0.162. The summed E-state index contributed by atoms with van der Waals surface area (Å²) in [6.07, 6.45) is 3.19. The van der Waals surface area contributed by atoms with Gasteiger partial charge in [0, 0.05) is 18.1 Å². The molecule has 1 aromatic carbocycles. The minimum atomic E-state index is -0.162. The SMILES string of the molecule is COc1c(C)cc(NC(=O)c2cccnc2)c(C)c1C. The van der Waals surface area contributed by atoms with E-state index in [9.17, 15) is 4.79 Å². The van der Waals surface area contributed by atoms with Crippen LogP contribution in [0.5, 0.6) is 5.75 Å². The smallest absolute Gasteiger partial charge is 0.257 e. The summed E-state index contributed by atoms with van der Waals surface area (Å²) in [5.74, 6) is 0.701. The number of rotatable bonds is 3. The highest BCUT2D eigenvalue weighted by Gasteiger charge is 2.13. The van der Waals surface area contributed by atoms with Crippen LogP contribution in [-0.4, -0.2) is 18.0 Å². The zero-order valence-corrected chi connectivity index (χ0v) is 12.2. The molecule has 0 aliphatic heterocycles. The maximum absolute atomic E-state index is 12.2. The van der Waals surface area contributed by atoms with Gasteiger partial charge in [-0.25, -0.2) is 0 Å². The number of benzene rings is 1. The number of aryl methyl sites for hydroxylation is 1. The second kappa shape index (κ2) is 5.74. The Morgan fingerprint density at radius 2 is 2.00 bits per heavy atom. The van der Waals surface area contributed by atoms with Gasteiger partial charge in [0.05, 0.1) is 12.7 Å². The highest BCUT2D eigenvalue weighted by atomic mass is 16.5. The molecule has 2 aromatic rings. The van der Waals surface area contributed by atoms with Gasteiger partial charge in [0.15, 0.2) is 0 Å². The lowest BCUT2D eigenvalue weighted by molar-refractivity contribution is 0.102. The third kappa shape index (κ3) is 2.64. The Bertz CT molecular complexity index is 637. The van der Waals surface area contributed by atoms with Gasteiger partial charge in [0.2, 0.25) is 0 Å². The first-order valence-corrected chi connectivity index (χ1v) is 6.40. The van der Waals surface area contributed by atoms with Gasteiger partial charge in [0.25, 0.3) is 5.91 Å². The lowest BCUT2D eigenvalue weighted by Crippen LogP contribution is -2.13. The summed E-state index contributed by atoms with van der Waals surface area (Å²) in [5, 5.41) is 2.92. The number of hydrogen-bond donors (Lipinski definition) is 1. The monoisotopic (exact) mass is 270 g/mol. The molecule has 1 N–H and O–H groups in total. The molecule has 1 amide bonds. The van der Waals surface area contributed by atoms with Crippen LogP contribution in [0.15, 0.2) is 30.6 Å². The van der Waals surface area contributed by atoms with Gasteiger partial charge in [-0.2, -0.15) is 0 Å². The molecule has 0 bridgehead atoms. The Kier molecular flexibility index (Phi) is 4.03. The first-order valence-electron chi connectivity index (χ1n) is 6.40. The number of carbonyl (C=O) groups is 1. The predicted octanol–water partition coefficient (Wildman–Crippen LogP) is 3.27. The first-order chi connectivity index (χ1) is 9.54. The molecular formula is C16H18N2O2. The zero-order valence-electron chi connectivity index (χ0n) is 12.2. The van der Waals surface area contributed by atoms with Crippen LogP contribution in [0.25, 0.3) is 0 Å². The van der Waals surface area contributed by atoms with Crippen molar-refractivity contribution in [3.8, 4) is 5.75 Å².